The molecular weight excluding hydrogens is 151 g/mol. The molecule has 1 aromatic heterocycles. The lowest BCUT2D eigenvalue weighted by atomic mass is 10.3. The summed E-state index contributed by atoms with van der Waals surface area (Å²) < 4.78 is 12.0. The molecule has 58 valence electrons. The minimum Gasteiger partial charge on any atom is -0.358 e. The van der Waals surface area contributed by atoms with E-state index in [0.29, 0.717) is 0 Å². The van der Waals surface area contributed by atoms with Crippen LogP contribution in [0.2, 0.25) is 0 Å². The maximum Gasteiger partial charge on any atom is 0.369 e. The van der Waals surface area contributed by atoms with Crippen molar-refractivity contribution in [1.29, 1.82) is 0 Å². The molecule has 0 aliphatic carbocycles. The van der Waals surface area contributed by atoms with Crippen LogP contribution in [0.4, 0.5) is 10.2 Å². The molecule has 0 N–H and O–H groups in total. The predicted octanol–water partition coefficient (Wildman–Crippen LogP) is 1.46. The summed E-state index contributed by atoms with van der Waals surface area (Å²) in [6.07, 6.45) is 1.26. The van der Waals surface area contributed by atoms with Gasteiger partial charge in [-0.15, -0.1) is 0 Å². The van der Waals surface area contributed by atoms with Crippen LogP contribution in [0.15, 0.2) is 18.3 Å². The van der Waals surface area contributed by atoms with Gasteiger partial charge in [-0.05, 0) is 22.0 Å². The van der Waals surface area contributed by atoms with Gasteiger partial charge >= 0.3 is 5.82 Å². The number of halogens is 1. The Morgan fingerprint density at radius 1 is 1.73 bits per heavy atom. The van der Waals surface area contributed by atoms with Crippen LogP contribution < -0.4 is 0 Å². The molecule has 0 amide bonds. The Morgan fingerprint density at radius 3 is 2.91 bits per heavy atom. The average Bonchev–Trinajstić information content (AvgIpc) is 2.04. The van der Waals surface area contributed by atoms with Gasteiger partial charge in [-0.25, -0.2) is 4.39 Å². The van der Waals surface area contributed by atoms with Crippen LogP contribution in [0.1, 0.15) is 5.56 Å². The lowest BCUT2D eigenvalue weighted by Crippen LogP contribution is -1.95. The van der Waals surface area contributed by atoms with Crippen LogP contribution in [0.5, 0.6) is 0 Å². The normalized spacial score (nSPS) is 9.55. The number of alkyl halides is 1. The van der Waals surface area contributed by atoms with Crippen molar-refractivity contribution in [2.45, 2.75) is 6.67 Å². The third-order valence-corrected chi connectivity index (χ3v) is 1.18. The highest BCUT2D eigenvalue weighted by Gasteiger charge is 2.12. The highest BCUT2D eigenvalue weighted by Crippen LogP contribution is 2.14. The summed E-state index contributed by atoms with van der Waals surface area (Å²) in [6.45, 7) is -0.857. The summed E-state index contributed by atoms with van der Waals surface area (Å²) in [7, 11) is 0. The topological polar surface area (TPSA) is 56.0 Å². The number of hydrogen-bond acceptors (Lipinski definition) is 3. The Hall–Kier alpha value is -1.52. The first-order valence-corrected chi connectivity index (χ1v) is 2.90. The highest BCUT2D eigenvalue weighted by atomic mass is 19.1. The lowest BCUT2D eigenvalue weighted by Gasteiger charge is -1.94. The van der Waals surface area contributed by atoms with Crippen molar-refractivity contribution in [1.82, 2.24) is 4.98 Å². The maximum atomic E-state index is 12.0. The maximum absolute atomic E-state index is 12.0. The number of nitrogens with zero attached hydrogens (tertiary/aromatic N) is 2. The molecule has 0 unspecified atom stereocenters. The molecule has 0 aromatic carbocycles. The fraction of sp³-hybridized carbons (Fsp3) is 0.167. The number of aromatic nitrogens is 1. The lowest BCUT2D eigenvalue weighted by molar-refractivity contribution is -0.390. The standard InChI is InChI=1S/C6H5FN2O2/c7-4-5-2-1-3-8-6(5)9(10)11/h1-3H,4H2. The first-order chi connectivity index (χ1) is 5.25. The van der Waals surface area contributed by atoms with Gasteiger partial charge < -0.3 is 10.1 Å². The van der Waals surface area contributed by atoms with Crippen LogP contribution in [0.25, 0.3) is 0 Å². The van der Waals surface area contributed by atoms with Crippen molar-refractivity contribution >= 4 is 5.82 Å². The second kappa shape index (κ2) is 3.05. The molecule has 0 radical (unpaired) electrons. The summed E-state index contributed by atoms with van der Waals surface area (Å²) in [5.41, 5.74) is 0.0116. The smallest absolute Gasteiger partial charge is 0.358 e. The van der Waals surface area contributed by atoms with E-state index in [-0.39, 0.29) is 5.56 Å². The van der Waals surface area contributed by atoms with E-state index >= 15 is 0 Å². The van der Waals surface area contributed by atoms with E-state index in [2.05, 4.69) is 4.98 Å². The van der Waals surface area contributed by atoms with Gasteiger partial charge in [0.25, 0.3) is 0 Å². The minimum absolute atomic E-state index is 0.0116. The van der Waals surface area contributed by atoms with E-state index in [1.54, 1.807) is 0 Å². The van der Waals surface area contributed by atoms with Gasteiger partial charge in [-0.1, -0.05) is 0 Å². The fourth-order valence-corrected chi connectivity index (χ4v) is 0.699. The molecule has 0 fully saturated rings. The second-order valence-electron chi connectivity index (χ2n) is 1.88. The molecule has 0 saturated heterocycles. The van der Waals surface area contributed by atoms with Crippen molar-refractivity contribution in [3.63, 3.8) is 0 Å². The van der Waals surface area contributed by atoms with Gasteiger partial charge in [0, 0.05) is 0 Å². The largest absolute Gasteiger partial charge is 0.369 e. The molecule has 1 aromatic rings. The van der Waals surface area contributed by atoms with Crippen molar-refractivity contribution in [2.75, 3.05) is 0 Å². The van der Waals surface area contributed by atoms with Gasteiger partial charge in [0.1, 0.15) is 12.9 Å². The molecule has 4 nitrogen and oxygen atoms in total. The van der Waals surface area contributed by atoms with Gasteiger partial charge in [-0.3, -0.25) is 0 Å². The first-order valence-electron chi connectivity index (χ1n) is 2.90. The SMILES string of the molecule is O=[N+]([O-])c1ncccc1CF. The summed E-state index contributed by atoms with van der Waals surface area (Å²) in [4.78, 5) is 12.9. The van der Waals surface area contributed by atoms with Crippen LogP contribution in [-0.2, 0) is 6.67 Å². The fourth-order valence-electron chi connectivity index (χ4n) is 0.699. The van der Waals surface area contributed by atoms with Gasteiger partial charge in [0.15, 0.2) is 0 Å². The van der Waals surface area contributed by atoms with Gasteiger partial charge in [0.05, 0.1) is 5.56 Å². The zero-order valence-corrected chi connectivity index (χ0v) is 5.53. The molecule has 0 atom stereocenters. The third kappa shape index (κ3) is 1.49. The number of pyridine rings is 1. The molecule has 0 bridgehead atoms. The Morgan fingerprint density at radius 2 is 2.45 bits per heavy atom. The van der Waals surface area contributed by atoms with E-state index in [4.69, 9.17) is 0 Å². The Kier molecular flexibility index (Phi) is 2.10. The van der Waals surface area contributed by atoms with Crippen molar-refractivity contribution < 1.29 is 9.31 Å². The van der Waals surface area contributed by atoms with Gasteiger partial charge in [-0.2, -0.15) is 0 Å². The summed E-state index contributed by atoms with van der Waals surface area (Å²) in [6, 6.07) is 2.80. The zero-order valence-electron chi connectivity index (χ0n) is 5.53. The van der Waals surface area contributed by atoms with E-state index < -0.39 is 17.4 Å². The van der Waals surface area contributed by atoms with Gasteiger partial charge in [0.2, 0.25) is 0 Å². The summed E-state index contributed by atoms with van der Waals surface area (Å²) >= 11 is 0. The molecular formula is C6H5FN2O2. The van der Waals surface area contributed by atoms with E-state index in [0.717, 1.165) is 0 Å². The van der Waals surface area contributed by atoms with Crippen LogP contribution in [-0.4, -0.2) is 9.91 Å². The summed E-state index contributed by atoms with van der Waals surface area (Å²) in [5, 5.41) is 10.2. The van der Waals surface area contributed by atoms with E-state index in [9.17, 15) is 14.5 Å². The van der Waals surface area contributed by atoms with Crippen LogP contribution in [0, 0.1) is 10.1 Å². The molecule has 0 aliphatic heterocycles. The Balaban J connectivity index is 3.12. The third-order valence-electron chi connectivity index (χ3n) is 1.18. The minimum atomic E-state index is -0.857. The molecule has 5 heteroatoms. The van der Waals surface area contributed by atoms with E-state index in [1.165, 1.54) is 18.3 Å². The zero-order chi connectivity index (χ0) is 8.27. The van der Waals surface area contributed by atoms with Crippen LogP contribution in [0.3, 0.4) is 0 Å². The van der Waals surface area contributed by atoms with Crippen molar-refractivity contribution in [3.05, 3.63) is 34.0 Å². The van der Waals surface area contributed by atoms with Crippen LogP contribution >= 0.6 is 0 Å². The number of hydrogen-bond donors (Lipinski definition) is 0. The Bertz CT molecular complexity index is 277. The summed E-state index contributed by atoms with van der Waals surface area (Å²) in [5.74, 6) is -0.407. The van der Waals surface area contributed by atoms with Crippen molar-refractivity contribution in [3.8, 4) is 0 Å². The Labute approximate surface area is 61.8 Å². The molecule has 0 aliphatic rings. The molecule has 0 saturated carbocycles. The molecule has 11 heavy (non-hydrogen) atoms. The second-order valence-corrected chi connectivity index (χ2v) is 1.88. The van der Waals surface area contributed by atoms with Crippen molar-refractivity contribution in [2.24, 2.45) is 0 Å². The number of nitro groups is 1. The average molecular weight is 156 g/mol. The highest BCUT2D eigenvalue weighted by molar-refractivity contribution is 5.30. The molecule has 1 heterocycles. The predicted molar refractivity (Wildman–Crippen MR) is 35.7 cm³/mol. The monoisotopic (exact) mass is 156 g/mol. The molecule has 1 rings (SSSR count). The molecule has 0 spiro atoms. The quantitative estimate of drug-likeness (QED) is 0.481. The number of rotatable bonds is 2. The van der Waals surface area contributed by atoms with E-state index in [1.807, 2.05) is 0 Å². The first kappa shape index (κ1) is 7.59.